The highest BCUT2D eigenvalue weighted by Gasteiger charge is 2.44. The van der Waals surface area contributed by atoms with E-state index in [-0.39, 0.29) is 12.3 Å². The van der Waals surface area contributed by atoms with E-state index in [0.717, 1.165) is 12.8 Å². The van der Waals surface area contributed by atoms with Gasteiger partial charge < -0.3 is 14.4 Å². The highest BCUT2D eigenvalue weighted by molar-refractivity contribution is 5.90. The lowest BCUT2D eigenvalue weighted by Gasteiger charge is -2.28. The number of carboxylic acids is 1. The summed E-state index contributed by atoms with van der Waals surface area (Å²) in [5, 5.41) is 13.2. The highest BCUT2D eigenvalue weighted by Crippen LogP contribution is 2.44. The first kappa shape index (κ1) is 14.6. The fourth-order valence-electron chi connectivity index (χ4n) is 2.82. The van der Waals surface area contributed by atoms with Gasteiger partial charge in [-0.2, -0.15) is 0 Å². The van der Waals surface area contributed by atoms with Crippen molar-refractivity contribution in [2.45, 2.75) is 46.0 Å². The molecule has 0 amide bonds. The SMILES string of the molecule is CCOC(=O)c1noc2c1CCCC(C)(C)C2C(=O)O. The van der Waals surface area contributed by atoms with Gasteiger partial charge in [0.25, 0.3) is 0 Å². The van der Waals surface area contributed by atoms with Gasteiger partial charge in [0.1, 0.15) is 5.92 Å². The van der Waals surface area contributed by atoms with Crippen LogP contribution in [0, 0.1) is 5.41 Å². The lowest BCUT2D eigenvalue weighted by atomic mass is 9.75. The number of carbonyl (C=O) groups excluding carboxylic acids is 1. The lowest BCUT2D eigenvalue weighted by Crippen LogP contribution is -2.28. The summed E-state index contributed by atoms with van der Waals surface area (Å²) in [6, 6.07) is 0. The second-order valence-electron chi connectivity index (χ2n) is 5.71. The molecule has 110 valence electrons. The minimum atomic E-state index is -0.954. The Morgan fingerprint density at radius 2 is 2.20 bits per heavy atom. The number of fused-ring (bicyclic) bond motifs is 1. The first-order chi connectivity index (χ1) is 9.38. The molecule has 1 aromatic heterocycles. The van der Waals surface area contributed by atoms with Crippen molar-refractivity contribution in [1.29, 1.82) is 0 Å². The Balaban J connectivity index is 2.49. The second kappa shape index (κ2) is 5.26. The van der Waals surface area contributed by atoms with Crippen LogP contribution in [0.4, 0.5) is 0 Å². The molecular formula is C14H19NO5. The third kappa shape index (κ3) is 2.42. The van der Waals surface area contributed by atoms with E-state index in [4.69, 9.17) is 9.26 Å². The van der Waals surface area contributed by atoms with Crippen molar-refractivity contribution in [2.24, 2.45) is 5.41 Å². The Labute approximate surface area is 117 Å². The molecule has 6 nitrogen and oxygen atoms in total. The van der Waals surface area contributed by atoms with E-state index < -0.39 is 23.3 Å². The highest BCUT2D eigenvalue weighted by atomic mass is 16.5. The second-order valence-corrected chi connectivity index (χ2v) is 5.71. The van der Waals surface area contributed by atoms with E-state index >= 15 is 0 Å². The Hall–Kier alpha value is -1.85. The Morgan fingerprint density at radius 1 is 1.50 bits per heavy atom. The maximum Gasteiger partial charge on any atom is 0.360 e. The minimum Gasteiger partial charge on any atom is -0.481 e. The third-order valence-corrected chi connectivity index (χ3v) is 3.83. The van der Waals surface area contributed by atoms with Crippen LogP contribution in [0.15, 0.2) is 4.52 Å². The molecule has 0 aliphatic heterocycles. The summed E-state index contributed by atoms with van der Waals surface area (Å²) in [4.78, 5) is 23.4. The summed E-state index contributed by atoms with van der Waals surface area (Å²) in [7, 11) is 0. The largest absolute Gasteiger partial charge is 0.481 e. The summed E-state index contributed by atoms with van der Waals surface area (Å²) in [6.45, 7) is 5.75. The number of carboxylic acid groups (broad SMARTS) is 1. The average molecular weight is 281 g/mol. The van der Waals surface area contributed by atoms with Gasteiger partial charge in [-0.1, -0.05) is 19.0 Å². The molecule has 1 aliphatic rings. The van der Waals surface area contributed by atoms with Crippen LogP contribution >= 0.6 is 0 Å². The molecule has 0 saturated carbocycles. The van der Waals surface area contributed by atoms with E-state index in [1.807, 2.05) is 13.8 Å². The first-order valence-corrected chi connectivity index (χ1v) is 6.77. The van der Waals surface area contributed by atoms with E-state index in [0.29, 0.717) is 17.7 Å². The van der Waals surface area contributed by atoms with Gasteiger partial charge in [0, 0.05) is 5.56 Å². The summed E-state index contributed by atoms with van der Waals surface area (Å²) >= 11 is 0. The molecule has 1 atom stereocenters. The number of carbonyl (C=O) groups is 2. The van der Waals surface area contributed by atoms with Crippen molar-refractivity contribution < 1.29 is 24.0 Å². The molecule has 0 bridgehead atoms. The van der Waals surface area contributed by atoms with E-state index in [1.165, 1.54) is 0 Å². The summed E-state index contributed by atoms with van der Waals surface area (Å²) in [5.41, 5.74) is 0.259. The van der Waals surface area contributed by atoms with Crippen LogP contribution in [0.5, 0.6) is 0 Å². The molecular weight excluding hydrogens is 262 g/mol. The summed E-state index contributed by atoms with van der Waals surface area (Å²) in [6.07, 6.45) is 2.12. The van der Waals surface area contributed by atoms with Crippen LogP contribution < -0.4 is 0 Å². The third-order valence-electron chi connectivity index (χ3n) is 3.83. The zero-order valence-electron chi connectivity index (χ0n) is 11.9. The number of nitrogens with zero attached hydrogens (tertiary/aromatic N) is 1. The standard InChI is InChI=1S/C14H19NO5/c1-4-19-13(18)10-8-6-5-7-14(2,3)9(12(16)17)11(8)20-15-10/h9H,4-7H2,1-3H3,(H,16,17). The van der Waals surface area contributed by atoms with Gasteiger partial charge in [-0.25, -0.2) is 4.79 Å². The molecule has 6 heteroatoms. The van der Waals surface area contributed by atoms with Crippen LogP contribution in [-0.4, -0.2) is 28.8 Å². The predicted octanol–water partition coefficient (Wildman–Crippen LogP) is 2.38. The van der Waals surface area contributed by atoms with Crippen molar-refractivity contribution in [3.05, 3.63) is 17.0 Å². The molecule has 1 aliphatic carbocycles. The van der Waals surface area contributed by atoms with Crippen LogP contribution in [0.3, 0.4) is 0 Å². The maximum absolute atomic E-state index is 11.8. The fraction of sp³-hybridized carbons (Fsp3) is 0.643. The van der Waals surface area contributed by atoms with Gasteiger partial charge in [-0.15, -0.1) is 0 Å². The number of hydrogen-bond donors (Lipinski definition) is 1. The zero-order valence-corrected chi connectivity index (χ0v) is 11.9. The smallest absolute Gasteiger partial charge is 0.360 e. The normalized spacial score (nSPS) is 20.9. The molecule has 0 spiro atoms. The van der Waals surface area contributed by atoms with E-state index in [9.17, 15) is 14.7 Å². The van der Waals surface area contributed by atoms with Crippen molar-refractivity contribution in [3.8, 4) is 0 Å². The molecule has 20 heavy (non-hydrogen) atoms. The monoisotopic (exact) mass is 281 g/mol. The molecule has 1 unspecified atom stereocenters. The zero-order chi connectivity index (χ0) is 14.9. The van der Waals surface area contributed by atoms with Crippen molar-refractivity contribution in [1.82, 2.24) is 5.16 Å². The molecule has 0 fully saturated rings. The van der Waals surface area contributed by atoms with Crippen LogP contribution in [-0.2, 0) is 16.0 Å². The van der Waals surface area contributed by atoms with Crippen molar-refractivity contribution in [3.63, 3.8) is 0 Å². The fourth-order valence-corrected chi connectivity index (χ4v) is 2.82. The minimum absolute atomic E-state index is 0.116. The molecule has 1 heterocycles. The molecule has 0 radical (unpaired) electrons. The van der Waals surface area contributed by atoms with Gasteiger partial charge in [0.2, 0.25) is 0 Å². The van der Waals surface area contributed by atoms with Gasteiger partial charge in [-0.05, 0) is 31.6 Å². The summed E-state index contributed by atoms with van der Waals surface area (Å²) in [5.74, 6) is -2.01. The number of esters is 1. The van der Waals surface area contributed by atoms with Crippen molar-refractivity contribution in [2.75, 3.05) is 6.61 Å². The van der Waals surface area contributed by atoms with Crippen LogP contribution in [0.1, 0.15) is 61.3 Å². The van der Waals surface area contributed by atoms with Crippen LogP contribution in [0.2, 0.25) is 0 Å². The number of ether oxygens (including phenoxy) is 1. The Morgan fingerprint density at radius 3 is 2.80 bits per heavy atom. The molecule has 0 saturated heterocycles. The average Bonchev–Trinajstić information content (AvgIpc) is 2.66. The lowest BCUT2D eigenvalue weighted by molar-refractivity contribution is -0.142. The molecule has 1 N–H and O–H groups in total. The molecule has 1 aromatic rings. The van der Waals surface area contributed by atoms with E-state index in [2.05, 4.69) is 5.16 Å². The first-order valence-electron chi connectivity index (χ1n) is 6.77. The van der Waals surface area contributed by atoms with Gasteiger partial charge in [0.05, 0.1) is 6.61 Å². The summed E-state index contributed by atoms with van der Waals surface area (Å²) < 4.78 is 10.1. The maximum atomic E-state index is 11.8. The Bertz CT molecular complexity index is 532. The van der Waals surface area contributed by atoms with E-state index in [1.54, 1.807) is 6.92 Å². The number of hydrogen-bond acceptors (Lipinski definition) is 5. The number of aromatic nitrogens is 1. The predicted molar refractivity (Wildman–Crippen MR) is 69.6 cm³/mol. The number of rotatable bonds is 3. The number of aliphatic carboxylic acids is 1. The van der Waals surface area contributed by atoms with Gasteiger partial charge in [-0.3, -0.25) is 4.79 Å². The van der Waals surface area contributed by atoms with Gasteiger partial charge >= 0.3 is 11.9 Å². The Kier molecular flexibility index (Phi) is 3.83. The molecule has 2 rings (SSSR count). The van der Waals surface area contributed by atoms with Crippen molar-refractivity contribution >= 4 is 11.9 Å². The van der Waals surface area contributed by atoms with Crippen LogP contribution in [0.25, 0.3) is 0 Å². The van der Waals surface area contributed by atoms with Gasteiger partial charge in [0.15, 0.2) is 11.5 Å². The quantitative estimate of drug-likeness (QED) is 0.675. The topological polar surface area (TPSA) is 89.6 Å². The molecule has 0 aromatic carbocycles.